The van der Waals surface area contributed by atoms with E-state index in [1.54, 1.807) is 0 Å². The minimum atomic E-state index is -0.173. The Balaban J connectivity index is 1.38. The number of benzene rings is 1. The number of ether oxygens (including phenoxy) is 1. The molecule has 1 aromatic carbocycles. The van der Waals surface area contributed by atoms with Crippen LogP contribution in [-0.2, 0) is 11.3 Å². The maximum atomic E-state index is 12.0. The van der Waals surface area contributed by atoms with Gasteiger partial charge >= 0.3 is 6.09 Å². The van der Waals surface area contributed by atoms with E-state index in [0.717, 1.165) is 51.5 Å². The minimum absolute atomic E-state index is 0.173. The van der Waals surface area contributed by atoms with Crippen molar-refractivity contribution < 1.29 is 9.53 Å². The Hall–Kier alpha value is -2.38. The summed E-state index contributed by atoms with van der Waals surface area (Å²) < 4.78 is 7.11. The number of aryl methyl sites for hydroxylation is 1. The molecule has 30 heavy (non-hydrogen) atoms. The van der Waals surface area contributed by atoms with Gasteiger partial charge in [0.15, 0.2) is 0 Å². The maximum absolute atomic E-state index is 12.0. The molecular formula is C23H33N5O2. The first kappa shape index (κ1) is 20.9. The lowest BCUT2D eigenvalue weighted by atomic mass is 10.0. The van der Waals surface area contributed by atoms with Gasteiger partial charge in [-0.05, 0) is 50.9 Å². The van der Waals surface area contributed by atoms with Crippen molar-refractivity contribution in [2.75, 3.05) is 45.9 Å². The van der Waals surface area contributed by atoms with Crippen LogP contribution in [0.15, 0.2) is 36.7 Å². The molecule has 0 bridgehead atoms. The molecule has 7 heteroatoms. The van der Waals surface area contributed by atoms with E-state index in [-0.39, 0.29) is 6.09 Å². The van der Waals surface area contributed by atoms with Gasteiger partial charge in [0.25, 0.3) is 0 Å². The molecule has 0 N–H and O–H groups in total. The van der Waals surface area contributed by atoms with Crippen LogP contribution in [0, 0.1) is 6.92 Å². The number of piperidine rings is 1. The van der Waals surface area contributed by atoms with Gasteiger partial charge in [0, 0.05) is 57.7 Å². The van der Waals surface area contributed by atoms with Crippen molar-refractivity contribution >= 4 is 6.09 Å². The van der Waals surface area contributed by atoms with Crippen molar-refractivity contribution in [3.63, 3.8) is 0 Å². The van der Waals surface area contributed by atoms with Gasteiger partial charge in [-0.2, -0.15) is 5.10 Å². The zero-order valence-electron chi connectivity index (χ0n) is 18.2. The average Bonchev–Trinajstić information content (AvgIpc) is 3.29. The van der Waals surface area contributed by atoms with Crippen LogP contribution in [0.25, 0.3) is 5.69 Å². The SMILES string of the molecule is CCOC(=O)N1CCN([C@H]2CCCN(Cc3cc(C)ccc3-n3cccn3)C2)CC1. The summed E-state index contributed by atoms with van der Waals surface area (Å²) in [5.74, 6) is 0. The van der Waals surface area contributed by atoms with E-state index in [1.165, 1.54) is 24.0 Å². The summed E-state index contributed by atoms with van der Waals surface area (Å²) in [6, 6.07) is 9.15. The minimum Gasteiger partial charge on any atom is -0.450 e. The highest BCUT2D eigenvalue weighted by molar-refractivity contribution is 5.67. The highest BCUT2D eigenvalue weighted by Gasteiger charge is 2.30. The van der Waals surface area contributed by atoms with Crippen LogP contribution in [0.2, 0.25) is 0 Å². The predicted octanol–water partition coefficient (Wildman–Crippen LogP) is 2.92. The first-order chi connectivity index (χ1) is 14.6. The van der Waals surface area contributed by atoms with Crippen LogP contribution >= 0.6 is 0 Å². The lowest BCUT2D eigenvalue weighted by molar-refractivity contribution is 0.0412. The number of piperazine rings is 1. The summed E-state index contributed by atoms with van der Waals surface area (Å²) in [6.07, 6.45) is 6.11. The molecule has 0 aliphatic carbocycles. The molecule has 0 spiro atoms. The van der Waals surface area contributed by atoms with Gasteiger partial charge in [-0.3, -0.25) is 9.80 Å². The molecule has 2 aromatic rings. The molecule has 1 amide bonds. The normalized spacial score (nSPS) is 21.0. The molecule has 1 aromatic heterocycles. The summed E-state index contributed by atoms with van der Waals surface area (Å²) in [5, 5.41) is 4.44. The third kappa shape index (κ3) is 4.84. The number of carbonyl (C=O) groups excluding carboxylic acids is 1. The third-order valence-corrected chi connectivity index (χ3v) is 6.22. The van der Waals surface area contributed by atoms with Crippen LogP contribution in [0.1, 0.15) is 30.9 Å². The molecule has 2 saturated heterocycles. The third-order valence-electron chi connectivity index (χ3n) is 6.22. The van der Waals surface area contributed by atoms with E-state index in [0.29, 0.717) is 12.6 Å². The summed E-state index contributed by atoms with van der Waals surface area (Å²) in [5.41, 5.74) is 3.77. The Labute approximate surface area is 179 Å². The fraction of sp³-hybridized carbons (Fsp3) is 0.565. The van der Waals surface area contributed by atoms with E-state index in [2.05, 4.69) is 40.0 Å². The molecular weight excluding hydrogens is 378 g/mol. The lowest BCUT2D eigenvalue weighted by Crippen LogP contribution is -2.55. The van der Waals surface area contributed by atoms with Gasteiger partial charge in [-0.1, -0.05) is 17.7 Å². The molecule has 162 valence electrons. The van der Waals surface area contributed by atoms with E-state index < -0.39 is 0 Å². The largest absolute Gasteiger partial charge is 0.450 e. The van der Waals surface area contributed by atoms with Gasteiger partial charge < -0.3 is 9.64 Å². The topological polar surface area (TPSA) is 53.8 Å². The van der Waals surface area contributed by atoms with Gasteiger partial charge in [0.2, 0.25) is 0 Å². The summed E-state index contributed by atoms with van der Waals surface area (Å²) >= 11 is 0. The van der Waals surface area contributed by atoms with Crippen molar-refractivity contribution in [2.45, 2.75) is 39.3 Å². The summed E-state index contributed by atoms with van der Waals surface area (Å²) in [7, 11) is 0. The Bertz CT molecular complexity index is 830. The molecule has 2 aliphatic heterocycles. The molecule has 1 atom stereocenters. The summed E-state index contributed by atoms with van der Waals surface area (Å²) in [6.45, 7) is 11.0. The fourth-order valence-electron chi connectivity index (χ4n) is 4.67. The number of hydrogen-bond donors (Lipinski definition) is 0. The van der Waals surface area contributed by atoms with Crippen LogP contribution in [0.5, 0.6) is 0 Å². The molecule has 0 radical (unpaired) electrons. The van der Waals surface area contributed by atoms with Gasteiger partial charge in [-0.25, -0.2) is 9.48 Å². The zero-order valence-corrected chi connectivity index (χ0v) is 18.2. The maximum Gasteiger partial charge on any atom is 0.409 e. The molecule has 0 unspecified atom stereocenters. The van der Waals surface area contributed by atoms with Crippen molar-refractivity contribution in [1.29, 1.82) is 0 Å². The van der Waals surface area contributed by atoms with Gasteiger partial charge in [-0.15, -0.1) is 0 Å². The van der Waals surface area contributed by atoms with Crippen molar-refractivity contribution in [3.05, 3.63) is 47.8 Å². The van der Waals surface area contributed by atoms with Crippen molar-refractivity contribution in [3.8, 4) is 5.69 Å². The van der Waals surface area contributed by atoms with Crippen LogP contribution in [0.3, 0.4) is 0 Å². The number of rotatable bonds is 5. The highest BCUT2D eigenvalue weighted by Crippen LogP contribution is 2.23. The van der Waals surface area contributed by atoms with Gasteiger partial charge in [0.05, 0.1) is 12.3 Å². The number of aromatic nitrogens is 2. The molecule has 0 saturated carbocycles. The summed E-state index contributed by atoms with van der Waals surface area (Å²) in [4.78, 5) is 18.9. The van der Waals surface area contributed by atoms with Crippen molar-refractivity contribution in [1.82, 2.24) is 24.5 Å². The Morgan fingerprint density at radius 1 is 1.20 bits per heavy atom. The second-order valence-corrected chi connectivity index (χ2v) is 8.34. The highest BCUT2D eigenvalue weighted by atomic mass is 16.6. The molecule has 7 nitrogen and oxygen atoms in total. The van der Waals surface area contributed by atoms with Gasteiger partial charge in [0.1, 0.15) is 0 Å². The van der Waals surface area contributed by atoms with E-state index in [1.807, 2.05) is 35.0 Å². The Morgan fingerprint density at radius 2 is 2.03 bits per heavy atom. The second-order valence-electron chi connectivity index (χ2n) is 8.34. The number of likely N-dealkylation sites (tertiary alicyclic amines) is 1. The van der Waals surface area contributed by atoms with E-state index >= 15 is 0 Å². The average molecular weight is 412 g/mol. The molecule has 2 aliphatic rings. The monoisotopic (exact) mass is 411 g/mol. The number of amides is 1. The number of hydrogen-bond acceptors (Lipinski definition) is 5. The van der Waals surface area contributed by atoms with Crippen LogP contribution in [0.4, 0.5) is 4.79 Å². The molecule has 3 heterocycles. The second kappa shape index (κ2) is 9.62. The predicted molar refractivity (Wildman–Crippen MR) is 117 cm³/mol. The Kier molecular flexibility index (Phi) is 6.69. The Morgan fingerprint density at radius 3 is 2.77 bits per heavy atom. The quantitative estimate of drug-likeness (QED) is 0.757. The first-order valence-corrected chi connectivity index (χ1v) is 11.1. The number of nitrogens with zero attached hydrogens (tertiary/aromatic N) is 5. The number of carbonyl (C=O) groups is 1. The van der Waals surface area contributed by atoms with E-state index in [4.69, 9.17) is 4.74 Å². The fourth-order valence-corrected chi connectivity index (χ4v) is 4.67. The van der Waals surface area contributed by atoms with E-state index in [9.17, 15) is 4.79 Å². The first-order valence-electron chi connectivity index (χ1n) is 11.1. The standard InChI is InChI=1S/C23H33N5O2/c1-3-30-23(29)27-14-12-26(13-15-27)21-6-4-10-25(18-21)17-20-16-19(2)7-8-22(20)28-11-5-9-24-28/h5,7-9,11,16,21H,3-4,6,10,12-15,17-18H2,1-2H3/t21-/m0/s1. The van der Waals surface area contributed by atoms with Crippen LogP contribution in [-0.4, -0.2) is 82.5 Å². The lowest BCUT2D eigenvalue weighted by Gasteiger charge is -2.43. The zero-order chi connectivity index (χ0) is 20.9. The molecule has 4 rings (SSSR count). The van der Waals surface area contributed by atoms with Crippen LogP contribution < -0.4 is 0 Å². The smallest absolute Gasteiger partial charge is 0.409 e. The van der Waals surface area contributed by atoms with Crippen molar-refractivity contribution in [2.24, 2.45) is 0 Å². The molecule has 2 fully saturated rings.